The first-order valence-corrected chi connectivity index (χ1v) is 10.4. The first-order chi connectivity index (χ1) is 15.2. The minimum atomic E-state index is -1.21. The molecule has 0 fully saturated rings. The van der Waals surface area contributed by atoms with Gasteiger partial charge in [-0.05, 0) is 39.0 Å². The second-order valence-electron chi connectivity index (χ2n) is 8.04. The molecule has 2 N–H and O–H groups in total. The first kappa shape index (κ1) is 22.0. The molecule has 0 radical (unpaired) electrons. The molecule has 0 aliphatic rings. The lowest BCUT2D eigenvalue weighted by atomic mass is 10.0. The number of aliphatic hydroxyl groups is 1. The van der Waals surface area contributed by atoms with Crippen LogP contribution in [0.2, 0.25) is 5.02 Å². The number of aromatic nitrogens is 3. The maximum absolute atomic E-state index is 15.7. The third-order valence-corrected chi connectivity index (χ3v) is 5.45. The average Bonchev–Trinajstić information content (AvgIpc) is 2.75. The van der Waals surface area contributed by atoms with E-state index in [0.29, 0.717) is 22.3 Å². The molecule has 2 aromatic heterocycles. The summed E-state index contributed by atoms with van der Waals surface area (Å²) in [5.74, 6) is -0.694. The number of nitrogens with one attached hydrogen (secondary N) is 1. The van der Waals surface area contributed by atoms with Crippen LogP contribution in [-0.4, -0.2) is 20.1 Å². The Kier molecular flexibility index (Phi) is 5.79. The van der Waals surface area contributed by atoms with Gasteiger partial charge in [0.15, 0.2) is 5.82 Å². The fourth-order valence-electron chi connectivity index (χ4n) is 3.49. The fourth-order valence-corrected chi connectivity index (χ4v) is 3.69. The molecule has 1 atom stereocenters. The van der Waals surface area contributed by atoms with Crippen molar-refractivity contribution in [2.24, 2.45) is 0 Å². The number of nitrogens with zero attached hydrogens (tertiary/aromatic N) is 3. The zero-order valence-electron chi connectivity index (χ0n) is 17.7. The molecule has 164 valence electrons. The summed E-state index contributed by atoms with van der Waals surface area (Å²) in [5, 5.41) is 13.6. The maximum atomic E-state index is 15.7. The van der Waals surface area contributed by atoms with Crippen molar-refractivity contribution in [2.75, 3.05) is 5.32 Å². The van der Waals surface area contributed by atoms with Crippen molar-refractivity contribution in [3.8, 4) is 11.1 Å². The molecule has 0 saturated heterocycles. The monoisotopic (exact) mass is 454 g/mol. The highest BCUT2D eigenvalue weighted by atomic mass is 35.5. The van der Waals surface area contributed by atoms with Gasteiger partial charge >= 0.3 is 0 Å². The van der Waals surface area contributed by atoms with E-state index in [4.69, 9.17) is 11.6 Å². The molecule has 1 unspecified atom stereocenters. The molecule has 0 saturated carbocycles. The molecule has 8 heteroatoms. The highest BCUT2D eigenvalue weighted by Gasteiger charge is 2.22. The van der Waals surface area contributed by atoms with E-state index in [9.17, 15) is 9.50 Å². The van der Waals surface area contributed by atoms with Crippen molar-refractivity contribution in [1.29, 1.82) is 0 Å². The highest BCUT2D eigenvalue weighted by Crippen LogP contribution is 2.37. The summed E-state index contributed by atoms with van der Waals surface area (Å²) in [6, 6.07) is 9.16. The second-order valence-corrected chi connectivity index (χ2v) is 8.45. The molecule has 0 bridgehead atoms. The van der Waals surface area contributed by atoms with Crippen LogP contribution in [0.4, 0.5) is 14.5 Å². The molecule has 0 aliphatic heterocycles. The number of halogens is 3. The van der Waals surface area contributed by atoms with Gasteiger partial charge in [-0.15, -0.1) is 0 Å². The molecule has 2 heterocycles. The Hall–Kier alpha value is -3.16. The van der Waals surface area contributed by atoms with Crippen LogP contribution >= 0.6 is 11.6 Å². The number of hydrogen-bond donors (Lipinski definition) is 2. The van der Waals surface area contributed by atoms with Crippen molar-refractivity contribution in [3.05, 3.63) is 83.0 Å². The van der Waals surface area contributed by atoms with E-state index in [1.165, 1.54) is 24.7 Å². The lowest BCUT2D eigenvalue weighted by Gasteiger charge is -2.20. The van der Waals surface area contributed by atoms with Crippen LogP contribution in [0.5, 0.6) is 0 Å². The lowest BCUT2D eigenvalue weighted by molar-refractivity contribution is 0.0687. The van der Waals surface area contributed by atoms with Gasteiger partial charge in [0.1, 0.15) is 17.2 Å². The van der Waals surface area contributed by atoms with E-state index in [0.717, 1.165) is 0 Å². The van der Waals surface area contributed by atoms with E-state index in [1.54, 1.807) is 51.1 Å². The van der Waals surface area contributed by atoms with Crippen LogP contribution in [0.25, 0.3) is 22.0 Å². The topological polar surface area (TPSA) is 70.9 Å². The van der Waals surface area contributed by atoms with Crippen LogP contribution < -0.4 is 5.32 Å². The molecule has 4 aromatic rings. The summed E-state index contributed by atoms with van der Waals surface area (Å²) in [5.41, 5.74) is 0.628. The zero-order valence-corrected chi connectivity index (χ0v) is 18.5. The van der Waals surface area contributed by atoms with Crippen LogP contribution in [0, 0.1) is 11.6 Å². The number of rotatable bonds is 5. The van der Waals surface area contributed by atoms with Crippen molar-refractivity contribution >= 4 is 28.2 Å². The molecule has 0 aliphatic carbocycles. The molecular weight excluding hydrogens is 434 g/mol. The summed E-state index contributed by atoms with van der Waals surface area (Å²) in [6.07, 6.45) is 4.34. The summed E-state index contributed by atoms with van der Waals surface area (Å²) < 4.78 is 30.0. The normalized spacial score (nSPS) is 12.7. The van der Waals surface area contributed by atoms with Gasteiger partial charge in [-0.1, -0.05) is 29.8 Å². The first-order valence-electron chi connectivity index (χ1n) is 9.99. The molecule has 0 amide bonds. The summed E-state index contributed by atoms with van der Waals surface area (Å²) >= 11 is 6.38. The van der Waals surface area contributed by atoms with Gasteiger partial charge in [0.25, 0.3) is 0 Å². The van der Waals surface area contributed by atoms with E-state index < -0.39 is 17.5 Å². The van der Waals surface area contributed by atoms with Crippen molar-refractivity contribution < 1.29 is 13.9 Å². The summed E-state index contributed by atoms with van der Waals surface area (Å²) in [6.45, 7) is 4.91. The SMILES string of the molecule is CC(Nc1c(Cl)cnc2ccc(-c3cnc(C(C)(C)O)nc3)c(F)c12)c1ccccc1F. The minimum absolute atomic E-state index is 0.185. The van der Waals surface area contributed by atoms with E-state index in [2.05, 4.69) is 20.3 Å². The van der Waals surface area contributed by atoms with Gasteiger partial charge in [-0.25, -0.2) is 18.7 Å². The Morgan fingerprint density at radius 3 is 2.34 bits per heavy atom. The Labute approximate surface area is 189 Å². The number of benzene rings is 2. The number of fused-ring (bicyclic) bond motifs is 1. The third-order valence-electron chi connectivity index (χ3n) is 5.17. The zero-order chi connectivity index (χ0) is 23.0. The highest BCUT2D eigenvalue weighted by molar-refractivity contribution is 6.34. The average molecular weight is 455 g/mol. The Morgan fingerprint density at radius 1 is 1.00 bits per heavy atom. The standard InChI is InChI=1S/C24H21ClF2N4O/c1-13(15-6-4-5-7-18(15)26)31-22-17(25)12-28-19-9-8-16(21(27)20(19)22)14-10-29-23(30-11-14)24(2,3)32/h4-13,32H,1-3H3,(H,28,31). The predicted octanol–water partition coefficient (Wildman–Crippen LogP) is 6.02. The fraction of sp³-hybridized carbons (Fsp3) is 0.208. The Balaban J connectivity index is 1.81. The smallest absolute Gasteiger partial charge is 0.159 e. The van der Waals surface area contributed by atoms with Crippen molar-refractivity contribution in [1.82, 2.24) is 15.0 Å². The molecule has 4 rings (SSSR count). The predicted molar refractivity (Wildman–Crippen MR) is 121 cm³/mol. The maximum Gasteiger partial charge on any atom is 0.159 e. The van der Waals surface area contributed by atoms with Gasteiger partial charge in [0, 0.05) is 35.3 Å². The molecule has 0 spiro atoms. The third kappa shape index (κ3) is 4.13. The quantitative estimate of drug-likeness (QED) is 0.385. The molecule has 32 heavy (non-hydrogen) atoms. The van der Waals surface area contributed by atoms with Crippen LogP contribution in [0.3, 0.4) is 0 Å². The van der Waals surface area contributed by atoms with Gasteiger partial charge < -0.3 is 10.4 Å². The number of pyridine rings is 1. The summed E-state index contributed by atoms with van der Waals surface area (Å²) in [7, 11) is 0. The van der Waals surface area contributed by atoms with Gasteiger partial charge in [-0.3, -0.25) is 4.98 Å². The van der Waals surface area contributed by atoms with E-state index >= 15 is 4.39 Å². The van der Waals surface area contributed by atoms with Crippen LogP contribution in [0.1, 0.15) is 38.2 Å². The molecule has 5 nitrogen and oxygen atoms in total. The van der Waals surface area contributed by atoms with E-state index in [-0.39, 0.29) is 27.6 Å². The summed E-state index contributed by atoms with van der Waals surface area (Å²) in [4.78, 5) is 12.5. The number of anilines is 1. The Morgan fingerprint density at radius 2 is 1.69 bits per heavy atom. The lowest BCUT2D eigenvalue weighted by Crippen LogP contribution is -2.19. The second kappa shape index (κ2) is 8.41. The molecule has 2 aromatic carbocycles. The Bertz CT molecular complexity index is 1290. The van der Waals surface area contributed by atoms with Crippen molar-refractivity contribution in [3.63, 3.8) is 0 Å². The largest absolute Gasteiger partial charge is 0.382 e. The van der Waals surface area contributed by atoms with Crippen LogP contribution in [-0.2, 0) is 5.60 Å². The van der Waals surface area contributed by atoms with Crippen LogP contribution in [0.15, 0.2) is 55.0 Å². The molecular formula is C24H21ClF2N4O. The van der Waals surface area contributed by atoms with Gasteiger partial charge in [0.05, 0.1) is 27.7 Å². The van der Waals surface area contributed by atoms with Gasteiger partial charge in [0.2, 0.25) is 0 Å². The van der Waals surface area contributed by atoms with Crippen molar-refractivity contribution in [2.45, 2.75) is 32.4 Å². The van der Waals surface area contributed by atoms with Gasteiger partial charge in [-0.2, -0.15) is 0 Å². The minimum Gasteiger partial charge on any atom is -0.382 e. The van der Waals surface area contributed by atoms with E-state index in [1.807, 2.05) is 0 Å². The number of hydrogen-bond acceptors (Lipinski definition) is 5.